The number of aliphatic hydroxyl groups is 4. The van der Waals surface area contributed by atoms with Gasteiger partial charge in [0, 0.05) is 52.5 Å². The minimum Gasteiger partial charge on any atom is -0.395 e. The molecule has 0 aliphatic carbocycles. The van der Waals surface area contributed by atoms with Crippen LogP contribution in [0.4, 0.5) is 0 Å². The number of hydrogen-bond acceptors (Lipinski definition) is 8. The van der Waals surface area contributed by atoms with Crippen molar-refractivity contribution in [1.82, 2.24) is 9.80 Å². The molecule has 0 amide bonds. The van der Waals surface area contributed by atoms with Crippen molar-refractivity contribution in [3.8, 4) is 0 Å². The summed E-state index contributed by atoms with van der Waals surface area (Å²) < 4.78 is 11.2. The van der Waals surface area contributed by atoms with Crippen LogP contribution in [-0.4, -0.2) is 108 Å². The van der Waals surface area contributed by atoms with E-state index in [2.05, 4.69) is 49.9 Å². The molecule has 0 fully saturated rings. The quantitative estimate of drug-likeness (QED) is 0.118. The third-order valence-electron chi connectivity index (χ3n) is 7.43. The normalized spacial score (nSPS) is 13.5. The average molecular weight is 619 g/mol. The molecule has 2 aromatic rings. The first kappa shape index (κ1) is 40.1. The second-order valence-corrected chi connectivity index (χ2v) is 11.6. The zero-order chi connectivity index (χ0) is 32.3. The van der Waals surface area contributed by atoms with Gasteiger partial charge in [0.25, 0.3) is 0 Å². The molecule has 2 aromatic carbocycles. The number of ether oxygens (including phenoxy) is 2. The Hall–Kier alpha value is -1.88. The smallest absolute Gasteiger partial charge is 0.0900 e. The third kappa shape index (κ3) is 21.0. The van der Waals surface area contributed by atoms with Crippen molar-refractivity contribution < 1.29 is 29.9 Å². The molecule has 0 spiro atoms. The van der Waals surface area contributed by atoms with Crippen LogP contribution in [0, 0.1) is 5.92 Å². The van der Waals surface area contributed by atoms with E-state index in [1.54, 1.807) is 0 Å². The maximum Gasteiger partial charge on any atom is 0.0900 e. The Morgan fingerprint density at radius 1 is 0.636 bits per heavy atom. The Bertz CT molecular complexity index is 875. The summed E-state index contributed by atoms with van der Waals surface area (Å²) in [6.07, 6.45) is 5.87. The first-order chi connectivity index (χ1) is 21.4. The SMILES string of the molecule is CCCCC(CC)COCC(O)CN(CCO)Cc1ccccc1.CCCCOCC(O)CN(CCO)Cc1ccccc1. The Morgan fingerprint density at radius 3 is 1.55 bits per heavy atom. The lowest BCUT2D eigenvalue weighted by Gasteiger charge is -2.25. The van der Waals surface area contributed by atoms with Gasteiger partial charge in [-0.1, -0.05) is 107 Å². The Kier molecular flexibility index (Phi) is 25.0. The van der Waals surface area contributed by atoms with Gasteiger partial charge in [-0.3, -0.25) is 9.80 Å². The number of aliphatic hydroxyl groups excluding tert-OH is 4. The molecule has 0 aromatic heterocycles. The van der Waals surface area contributed by atoms with Crippen LogP contribution in [0.5, 0.6) is 0 Å². The molecule has 0 saturated carbocycles. The molecule has 0 aliphatic rings. The number of rotatable bonds is 25. The van der Waals surface area contributed by atoms with Crippen LogP contribution in [0.1, 0.15) is 70.4 Å². The van der Waals surface area contributed by atoms with Gasteiger partial charge in [0.1, 0.15) is 0 Å². The molecule has 252 valence electrons. The molecule has 0 saturated heterocycles. The zero-order valence-electron chi connectivity index (χ0n) is 27.7. The summed E-state index contributed by atoms with van der Waals surface area (Å²) in [7, 11) is 0. The predicted octanol–water partition coefficient (Wildman–Crippen LogP) is 4.73. The fourth-order valence-electron chi connectivity index (χ4n) is 4.87. The highest BCUT2D eigenvalue weighted by molar-refractivity contribution is 5.15. The first-order valence-corrected chi connectivity index (χ1v) is 16.7. The molecule has 0 aliphatic heterocycles. The highest BCUT2D eigenvalue weighted by Gasteiger charge is 2.14. The topological polar surface area (TPSA) is 106 Å². The molecule has 8 heteroatoms. The van der Waals surface area contributed by atoms with Gasteiger partial charge < -0.3 is 29.9 Å². The highest BCUT2D eigenvalue weighted by Crippen LogP contribution is 2.13. The van der Waals surface area contributed by atoms with E-state index in [4.69, 9.17) is 14.6 Å². The van der Waals surface area contributed by atoms with Gasteiger partial charge >= 0.3 is 0 Å². The summed E-state index contributed by atoms with van der Waals surface area (Å²) in [5.74, 6) is 0.593. The number of benzene rings is 2. The van der Waals surface area contributed by atoms with Gasteiger partial charge in [-0.25, -0.2) is 0 Å². The molecule has 8 nitrogen and oxygen atoms in total. The van der Waals surface area contributed by atoms with Crippen molar-refractivity contribution in [2.24, 2.45) is 5.92 Å². The Morgan fingerprint density at radius 2 is 1.11 bits per heavy atom. The van der Waals surface area contributed by atoms with Crippen molar-refractivity contribution in [3.63, 3.8) is 0 Å². The standard InChI is InChI=1S/C20H35NO3.C16H27NO3/c1-3-5-9-18(4-2)16-24-17-20(23)15-21(12-13-22)14-19-10-7-6-8-11-19;1-2-3-11-20-14-16(19)13-17(9-10-18)12-15-7-5-4-6-8-15/h6-8,10-11,18,20,22-23H,3-5,9,12-17H2,1-2H3;4-8,16,18-19H,2-3,9-14H2,1H3. The van der Waals surface area contributed by atoms with Gasteiger partial charge in [0.05, 0.1) is 38.6 Å². The third-order valence-corrected chi connectivity index (χ3v) is 7.43. The van der Waals surface area contributed by atoms with Gasteiger partial charge in [0.15, 0.2) is 0 Å². The molecule has 3 unspecified atom stereocenters. The largest absolute Gasteiger partial charge is 0.395 e. The Balaban J connectivity index is 0.000000447. The molecular weight excluding hydrogens is 556 g/mol. The summed E-state index contributed by atoms with van der Waals surface area (Å²) in [5.41, 5.74) is 2.37. The lowest BCUT2D eigenvalue weighted by Crippen LogP contribution is -2.36. The molecule has 44 heavy (non-hydrogen) atoms. The van der Waals surface area contributed by atoms with E-state index in [1.807, 2.05) is 41.3 Å². The minimum absolute atomic E-state index is 0.0926. The lowest BCUT2D eigenvalue weighted by molar-refractivity contribution is -0.000239. The van der Waals surface area contributed by atoms with E-state index < -0.39 is 12.2 Å². The summed E-state index contributed by atoms with van der Waals surface area (Å²) in [6.45, 7) is 12.5. The van der Waals surface area contributed by atoms with Crippen molar-refractivity contribution in [2.45, 2.75) is 84.6 Å². The van der Waals surface area contributed by atoms with E-state index in [9.17, 15) is 15.3 Å². The van der Waals surface area contributed by atoms with E-state index in [0.717, 1.165) is 39.0 Å². The van der Waals surface area contributed by atoms with Crippen LogP contribution in [-0.2, 0) is 22.6 Å². The van der Waals surface area contributed by atoms with Crippen molar-refractivity contribution >= 4 is 0 Å². The zero-order valence-corrected chi connectivity index (χ0v) is 27.7. The molecule has 2 rings (SSSR count). The van der Waals surface area contributed by atoms with Gasteiger partial charge in [-0.2, -0.15) is 0 Å². The molecule has 0 heterocycles. The van der Waals surface area contributed by atoms with E-state index in [1.165, 1.54) is 30.4 Å². The summed E-state index contributed by atoms with van der Waals surface area (Å²) in [6, 6.07) is 20.2. The van der Waals surface area contributed by atoms with Gasteiger partial charge in [0.2, 0.25) is 0 Å². The second kappa shape index (κ2) is 27.4. The maximum absolute atomic E-state index is 10.2. The monoisotopic (exact) mass is 618 g/mol. The maximum atomic E-state index is 10.2. The predicted molar refractivity (Wildman–Crippen MR) is 179 cm³/mol. The fourth-order valence-corrected chi connectivity index (χ4v) is 4.87. The summed E-state index contributed by atoms with van der Waals surface area (Å²) in [4.78, 5) is 4.11. The molecule has 3 atom stereocenters. The molecule has 0 radical (unpaired) electrons. The molecule has 0 bridgehead atoms. The minimum atomic E-state index is -0.524. The summed E-state index contributed by atoms with van der Waals surface area (Å²) >= 11 is 0. The highest BCUT2D eigenvalue weighted by atomic mass is 16.5. The van der Waals surface area contributed by atoms with E-state index >= 15 is 0 Å². The van der Waals surface area contributed by atoms with Gasteiger partial charge in [-0.05, 0) is 29.9 Å². The summed E-state index contributed by atoms with van der Waals surface area (Å²) in [5, 5.41) is 38.6. The fraction of sp³-hybridized carbons (Fsp3) is 0.667. The van der Waals surface area contributed by atoms with E-state index in [-0.39, 0.29) is 13.2 Å². The van der Waals surface area contributed by atoms with Gasteiger partial charge in [-0.15, -0.1) is 0 Å². The second-order valence-electron chi connectivity index (χ2n) is 11.6. The number of nitrogens with zero attached hydrogens (tertiary/aromatic N) is 2. The van der Waals surface area contributed by atoms with Crippen LogP contribution in [0.15, 0.2) is 60.7 Å². The van der Waals surface area contributed by atoms with Crippen LogP contribution in [0.25, 0.3) is 0 Å². The number of hydrogen-bond donors (Lipinski definition) is 4. The van der Waals surface area contributed by atoms with Crippen LogP contribution in [0.3, 0.4) is 0 Å². The molecule has 4 N–H and O–H groups in total. The van der Waals surface area contributed by atoms with Crippen LogP contribution >= 0.6 is 0 Å². The van der Waals surface area contributed by atoms with Crippen LogP contribution < -0.4 is 0 Å². The van der Waals surface area contributed by atoms with Crippen molar-refractivity contribution in [1.29, 1.82) is 0 Å². The first-order valence-electron chi connectivity index (χ1n) is 16.7. The van der Waals surface area contributed by atoms with Crippen molar-refractivity contribution in [3.05, 3.63) is 71.8 Å². The average Bonchev–Trinajstić information content (AvgIpc) is 3.02. The lowest BCUT2D eigenvalue weighted by atomic mass is 10.0. The van der Waals surface area contributed by atoms with E-state index in [0.29, 0.717) is 51.9 Å². The van der Waals surface area contributed by atoms with Crippen molar-refractivity contribution in [2.75, 3.05) is 65.8 Å². The molecular formula is C36H62N2O6. The Labute approximate surface area is 267 Å². The number of unbranched alkanes of at least 4 members (excludes halogenated alkanes) is 2. The van der Waals surface area contributed by atoms with Crippen LogP contribution in [0.2, 0.25) is 0 Å².